The lowest BCUT2D eigenvalue weighted by atomic mass is 10.5. The van der Waals surface area contributed by atoms with Crippen molar-refractivity contribution in [2.75, 3.05) is 6.61 Å². The minimum atomic E-state index is -0.560. The molecule has 4 heteroatoms. The summed E-state index contributed by atoms with van der Waals surface area (Å²) >= 11 is 0. The van der Waals surface area contributed by atoms with Gasteiger partial charge in [-0.05, 0) is 6.92 Å². The van der Waals surface area contributed by atoms with Gasteiger partial charge < -0.3 is 22.5 Å². The highest BCUT2D eigenvalue weighted by Crippen LogP contribution is 1.68. The average Bonchev–Trinajstić information content (AvgIpc) is 1.38. The Labute approximate surface area is 43.3 Å². The molecule has 0 radical (unpaired) electrons. The third kappa shape index (κ3) is 25.4. The van der Waals surface area contributed by atoms with E-state index in [0.717, 1.165) is 0 Å². The van der Waals surface area contributed by atoms with E-state index in [0.29, 0.717) is 0 Å². The number of hydrogen-bond acceptors (Lipinski definition) is 4. The van der Waals surface area contributed by atoms with E-state index in [2.05, 4.69) is 0 Å². The molecule has 0 aliphatic carbocycles. The van der Waals surface area contributed by atoms with Crippen LogP contribution in [0.5, 0.6) is 0 Å². The minimum Gasteiger partial charge on any atom is -0.394 e. The fourth-order valence-corrected chi connectivity index (χ4v) is 0. The minimum absolute atomic E-state index is 0. The van der Waals surface area contributed by atoms with Gasteiger partial charge >= 0.3 is 0 Å². The molecular formula is C3H14N2O2. The summed E-state index contributed by atoms with van der Waals surface area (Å²) in [6, 6.07) is 0. The molecule has 0 aromatic carbocycles. The van der Waals surface area contributed by atoms with Crippen LogP contribution in [0.15, 0.2) is 0 Å². The molecule has 0 bridgehead atoms. The molecule has 48 valence electrons. The summed E-state index contributed by atoms with van der Waals surface area (Å²) < 4.78 is 0. The molecule has 1 atom stereocenters. The average molecular weight is 110 g/mol. The first-order chi connectivity index (χ1) is 2.27. The van der Waals surface area contributed by atoms with Crippen molar-refractivity contribution in [2.45, 2.75) is 13.0 Å². The molecule has 0 aliphatic rings. The Morgan fingerprint density at radius 2 is 1.57 bits per heavy atom. The van der Waals surface area contributed by atoms with E-state index in [1.54, 1.807) is 0 Å². The van der Waals surface area contributed by atoms with Gasteiger partial charge in [-0.1, -0.05) is 0 Å². The first-order valence-electron chi connectivity index (χ1n) is 1.56. The molecule has 0 saturated carbocycles. The molecule has 0 aliphatic heterocycles. The highest BCUT2D eigenvalue weighted by Gasteiger charge is 1.83. The van der Waals surface area contributed by atoms with Crippen molar-refractivity contribution in [3.8, 4) is 0 Å². The molecule has 4 nitrogen and oxygen atoms in total. The quantitative estimate of drug-likeness (QED) is 0.370. The van der Waals surface area contributed by atoms with E-state index in [1.165, 1.54) is 6.92 Å². The third-order valence-electron chi connectivity index (χ3n) is 0.264. The van der Waals surface area contributed by atoms with Crippen molar-refractivity contribution in [3.63, 3.8) is 0 Å². The van der Waals surface area contributed by atoms with Crippen LogP contribution in [0, 0.1) is 0 Å². The van der Waals surface area contributed by atoms with Crippen LogP contribution in [-0.4, -0.2) is 22.9 Å². The predicted octanol–water partition coefficient (Wildman–Crippen LogP) is -0.317. The lowest BCUT2D eigenvalue weighted by Crippen LogP contribution is -2.03. The van der Waals surface area contributed by atoms with E-state index < -0.39 is 6.10 Å². The largest absolute Gasteiger partial charge is 0.394 e. The summed E-state index contributed by atoms with van der Waals surface area (Å²) in [6.45, 7) is 1.39. The van der Waals surface area contributed by atoms with Crippen LogP contribution in [0.1, 0.15) is 6.92 Å². The zero-order valence-electron chi connectivity index (χ0n) is 4.59. The van der Waals surface area contributed by atoms with E-state index in [1.807, 2.05) is 0 Å². The molecule has 0 fully saturated rings. The molecule has 0 rings (SSSR count). The van der Waals surface area contributed by atoms with Gasteiger partial charge in [-0.3, -0.25) is 0 Å². The van der Waals surface area contributed by atoms with Crippen molar-refractivity contribution in [1.82, 2.24) is 12.3 Å². The highest BCUT2D eigenvalue weighted by atomic mass is 16.3. The number of aliphatic hydroxyl groups excluding tert-OH is 2. The van der Waals surface area contributed by atoms with Gasteiger partial charge in [0, 0.05) is 0 Å². The van der Waals surface area contributed by atoms with Gasteiger partial charge in [0.25, 0.3) is 0 Å². The fraction of sp³-hybridized carbons (Fsp3) is 1.00. The van der Waals surface area contributed by atoms with Gasteiger partial charge in [-0.2, -0.15) is 0 Å². The normalized spacial score (nSPS) is 10.7. The second-order valence-corrected chi connectivity index (χ2v) is 1.03. The summed E-state index contributed by atoms with van der Waals surface area (Å²) in [5.74, 6) is 0. The van der Waals surface area contributed by atoms with Crippen LogP contribution in [0.2, 0.25) is 0 Å². The van der Waals surface area contributed by atoms with Crippen molar-refractivity contribution < 1.29 is 10.2 Å². The summed E-state index contributed by atoms with van der Waals surface area (Å²) in [7, 11) is 0. The fourth-order valence-electron chi connectivity index (χ4n) is 0. The van der Waals surface area contributed by atoms with Crippen LogP contribution in [0.4, 0.5) is 0 Å². The second kappa shape index (κ2) is 9.28. The molecule has 1 unspecified atom stereocenters. The topological polar surface area (TPSA) is 110 Å². The van der Waals surface area contributed by atoms with Gasteiger partial charge in [0.15, 0.2) is 0 Å². The van der Waals surface area contributed by atoms with Gasteiger partial charge in [-0.25, -0.2) is 0 Å². The monoisotopic (exact) mass is 110 g/mol. The summed E-state index contributed by atoms with van der Waals surface area (Å²) in [5.41, 5.74) is 0. The molecule has 8 N–H and O–H groups in total. The number of rotatable bonds is 1. The van der Waals surface area contributed by atoms with Crippen LogP contribution in [0.3, 0.4) is 0 Å². The summed E-state index contributed by atoms with van der Waals surface area (Å²) in [5, 5.41) is 16.0. The summed E-state index contributed by atoms with van der Waals surface area (Å²) in [6.07, 6.45) is -0.560. The molecular weight excluding hydrogens is 96.0 g/mol. The molecule has 0 saturated heterocycles. The lowest BCUT2D eigenvalue weighted by Gasteiger charge is -1.90. The Kier molecular flexibility index (Phi) is 21.0. The number of hydrogen-bond donors (Lipinski definition) is 4. The molecule has 0 spiro atoms. The van der Waals surface area contributed by atoms with Crippen molar-refractivity contribution in [1.29, 1.82) is 0 Å². The maximum atomic E-state index is 8.11. The van der Waals surface area contributed by atoms with Crippen LogP contribution < -0.4 is 12.3 Å². The van der Waals surface area contributed by atoms with E-state index in [9.17, 15) is 0 Å². The molecule has 0 aromatic heterocycles. The molecule has 0 heterocycles. The SMILES string of the molecule is CC(O)CO.N.N. The lowest BCUT2D eigenvalue weighted by molar-refractivity contribution is 0.110. The van der Waals surface area contributed by atoms with Crippen LogP contribution in [-0.2, 0) is 0 Å². The zero-order valence-corrected chi connectivity index (χ0v) is 4.59. The Balaban J connectivity index is -0.0000000800. The molecule has 7 heavy (non-hydrogen) atoms. The number of aliphatic hydroxyl groups is 2. The Hall–Kier alpha value is -0.160. The van der Waals surface area contributed by atoms with E-state index in [4.69, 9.17) is 10.2 Å². The maximum absolute atomic E-state index is 8.11. The predicted molar refractivity (Wildman–Crippen MR) is 28.8 cm³/mol. The molecule has 0 amide bonds. The third-order valence-corrected chi connectivity index (χ3v) is 0.264. The molecule has 0 aromatic rings. The second-order valence-electron chi connectivity index (χ2n) is 1.03. The first kappa shape index (κ1) is 15.8. The smallest absolute Gasteiger partial charge is 0.0742 e. The van der Waals surface area contributed by atoms with E-state index >= 15 is 0 Å². The van der Waals surface area contributed by atoms with Crippen molar-refractivity contribution in [3.05, 3.63) is 0 Å². The van der Waals surface area contributed by atoms with Crippen LogP contribution >= 0.6 is 0 Å². The van der Waals surface area contributed by atoms with Crippen LogP contribution in [0.25, 0.3) is 0 Å². The van der Waals surface area contributed by atoms with E-state index in [-0.39, 0.29) is 18.9 Å². The standard InChI is InChI=1S/C3H8O2.2H3N/c1-3(5)2-4;;/h3-5H,2H2,1H3;2*1H3. The van der Waals surface area contributed by atoms with Gasteiger partial charge in [-0.15, -0.1) is 0 Å². The van der Waals surface area contributed by atoms with Crippen molar-refractivity contribution in [2.24, 2.45) is 0 Å². The first-order valence-corrected chi connectivity index (χ1v) is 1.56. The van der Waals surface area contributed by atoms with Gasteiger partial charge in [0.1, 0.15) is 0 Å². The van der Waals surface area contributed by atoms with Gasteiger partial charge in [0.2, 0.25) is 0 Å². The highest BCUT2D eigenvalue weighted by molar-refractivity contribution is 4.33. The maximum Gasteiger partial charge on any atom is 0.0742 e. The van der Waals surface area contributed by atoms with Gasteiger partial charge in [0.05, 0.1) is 12.7 Å². The Bertz CT molecular complexity index is 24.9. The zero-order chi connectivity index (χ0) is 4.28. The summed E-state index contributed by atoms with van der Waals surface area (Å²) in [4.78, 5) is 0. The van der Waals surface area contributed by atoms with Crippen molar-refractivity contribution >= 4 is 0 Å². The Morgan fingerprint density at radius 1 is 1.43 bits per heavy atom. The Morgan fingerprint density at radius 3 is 1.57 bits per heavy atom.